The van der Waals surface area contributed by atoms with Crippen LogP contribution in [0, 0.1) is 0 Å². The number of rotatable bonds is 3. The van der Waals surface area contributed by atoms with E-state index in [0.717, 1.165) is 36.5 Å². The Bertz CT molecular complexity index is 460. The van der Waals surface area contributed by atoms with Crippen molar-refractivity contribution in [2.75, 3.05) is 13.1 Å². The summed E-state index contributed by atoms with van der Waals surface area (Å²) in [5.41, 5.74) is 7.14. The monoisotopic (exact) mass is 310 g/mol. The Hall–Kier alpha value is -1.14. The van der Waals surface area contributed by atoms with Crippen LogP contribution < -0.4 is 11.1 Å². The van der Waals surface area contributed by atoms with Crippen LogP contribution in [0.3, 0.4) is 0 Å². The largest absolute Gasteiger partial charge is 0.331 e. The first-order valence-corrected chi connectivity index (χ1v) is 8.67. The summed E-state index contributed by atoms with van der Waals surface area (Å²) in [7, 11) is 0. The molecular weight excluding hydrogens is 284 g/mol. The van der Waals surface area contributed by atoms with Crippen LogP contribution in [0.25, 0.3) is 0 Å². The number of likely N-dealkylation sites (tertiary alicyclic amines) is 1. The van der Waals surface area contributed by atoms with Gasteiger partial charge in [-0.3, -0.25) is 0 Å². The predicted molar refractivity (Wildman–Crippen MR) is 86.5 cm³/mol. The van der Waals surface area contributed by atoms with Crippen LogP contribution >= 0.6 is 11.3 Å². The second kappa shape index (κ2) is 7.75. The van der Waals surface area contributed by atoms with Gasteiger partial charge in [-0.05, 0) is 18.8 Å². The van der Waals surface area contributed by atoms with E-state index < -0.39 is 0 Å². The van der Waals surface area contributed by atoms with Gasteiger partial charge in [0, 0.05) is 24.5 Å². The van der Waals surface area contributed by atoms with Crippen molar-refractivity contribution in [3.8, 4) is 0 Å². The van der Waals surface area contributed by atoms with Gasteiger partial charge >= 0.3 is 6.03 Å². The number of amides is 2. The molecule has 6 heteroatoms. The minimum absolute atomic E-state index is 0.0198. The zero-order chi connectivity index (χ0) is 15.2. The molecule has 1 fully saturated rings. The Labute approximate surface area is 130 Å². The van der Waals surface area contributed by atoms with Crippen molar-refractivity contribution in [1.82, 2.24) is 15.2 Å². The molecule has 2 amide bonds. The summed E-state index contributed by atoms with van der Waals surface area (Å²) in [6, 6.07) is 0.0807. The van der Waals surface area contributed by atoms with Gasteiger partial charge in [0.2, 0.25) is 0 Å². The first kappa shape index (κ1) is 16.2. The lowest BCUT2D eigenvalue weighted by atomic mass is 10.1. The molecule has 0 saturated carbocycles. The highest BCUT2D eigenvalue weighted by Gasteiger charge is 2.18. The number of carbonyl (C=O) groups is 1. The first-order chi connectivity index (χ1) is 10.1. The van der Waals surface area contributed by atoms with E-state index in [1.165, 1.54) is 6.42 Å². The van der Waals surface area contributed by atoms with Crippen LogP contribution in [0.2, 0.25) is 0 Å². The first-order valence-electron chi connectivity index (χ1n) is 7.79. The van der Waals surface area contributed by atoms with Crippen molar-refractivity contribution in [2.45, 2.75) is 58.0 Å². The van der Waals surface area contributed by atoms with Crippen molar-refractivity contribution in [1.29, 1.82) is 0 Å². The number of aromatic nitrogens is 1. The SMILES string of the molecule is CC(C)c1csc(CNC(=O)N2CCCCCC(N)C2)n1. The summed E-state index contributed by atoms with van der Waals surface area (Å²) in [4.78, 5) is 18.6. The summed E-state index contributed by atoms with van der Waals surface area (Å²) in [6.07, 6.45) is 4.40. The Kier molecular flexibility index (Phi) is 5.99. The van der Waals surface area contributed by atoms with Crippen LogP contribution in [0.5, 0.6) is 0 Å². The number of carbonyl (C=O) groups excluding carboxylic acids is 1. The molecule has 5 nitrogen and oxygen atoms in total. The van der Waals surface area contributed by atoms with Crippen LogP contribution in [0.15, 0.2) is 5.38 Å². The number of hydrogen-bond acceptors (Lipinski definition) is 4. The van der Waals surface area contributed by atoms with E-state index in [2.05, 4.69) is 29.5 Å². The average Bonchev–Trinajstić information content (AvgIpc) is 2.89. The highest BCUT2D eigenvalue weighted by Crippen LogP contribution is 2.17. The Morgan fingerprint density at radius 2 is 2.33 bits per heavy atom. The van der Waals surface area contributed by atoms with Gasteiger partial charge in [-0.25, -0.2) is 9.78 Å². The number of urea groups is 1. The summed E-state index contributed by atoms with van der Waals surface area (Å²) in [5, 5.41) is 6.00. The molecule has 118 valence electrons. The summed E-state index contributed by atoms with van der Waals surface area (Å²) < 4.78 is 0. The normalized spacial score (nSPS) is 20.2. The maximum Gasteiger partial charge on any atom is 0.317 e. The Morgan fingerprint density at radius 3 is 3.05 bits per heavy atom. The third-order valence-corrected chi connectivity index (χ3v) is 4.66. The van der Waals surface area contributed by atoms with E-state index in [1.807, 2.05) is 4.90 Å². The standard InChI is InChI=1S/C15H26N4OS/c1-11(2)13-10-21-14(18-13)8-17-15(20)19-7-5-3-4-6-12(16)9-19/h10-12H,3-9,16H2,1-2H3,(H,17,20). The molecular formula is C15H26N4OS. The lowest BCUT2D eigenvalue weighted by Gasteiger charge is -2.28. The summed E-state index contributed by atoms with van der Waals surface area (Å²) >= 11 is 1.61. The Balaban J connectivity index is 1.84. The second-order valence-electron chi connectivity index (χ2n) is 6.03. The van der Waals surface area contributed by atoms with E-state index in [4.69, 9.17) is 5.73 Å². The number of hydrogen-bond donors (Lipinski definition) is 2. The summed E-state index contributed by atoms with van der Waals surface area (Å²) in [6.45, 7) is 6.20. The molecule has 1 saturated heterocycles. The minimum atomic E-state index is -0.0198. The molecule has 1 aromatic rings. The average molecular weight is 310 g/mol. The van der Waals surface area contributed by atoms with Crippen LogP contribution in [0.1, 0.15) is 56.2 Å². The fraction of sp³-hybridized carbons (Fsp3) is 0.733. The van der Waals surface area contributed by atoms with Crippen molar-refractivity contribution in [2.24, 2.45) is 5.73 Å². The van der Waals surface area contributed by atoms with E-state index in [9.17, 15) is 4.79 Å². The minimum Gasteiger partial charge on any atom is -0.331 e. The predicted octanol–water partition coefficient (Wildman–Crippen LogP) is 2.68. The Morgan fingerprint density at radius 1 is 1.52 bits per heavy atom. The van der Waals surface area contributed by atoms with Gasteiger partial charge in [0.15, 0.2) is 0 Å². The van der Waals surface area contributed by atoms with Gasteiger partial charge in [-0.2, -0.15) is 0 Å². The maximum absolute atomic E-state index is 12.3. The molecule has 21 heavy (non-hydrogen) atoms. The fourth-order valence-corrected chi connectivity index (χ4v) is 3.37. The van der Waals surface area contributed by atoms with E-state index >= 15 is 0 Å². The lowest BCUT2D eigenvalue weighted by molar-refractivity contribution is 0.187. The number of nitrogens with two attached hydrogens (primary N) is 1. The quantitative estimate of drug-likeness (QED) is 0.901. The fourth-order valence-electron chi connectivity index (χ4n) is 2.47. The molecule has 2 rings (SSSR count). The van der Waals surface area contributed by atoms with Gasteiger partial charge in [-0.15, -0.1) is 11.3 Å². The van der Waals surface area contributed by atoms with Crippen molar-refractivity contribution in [3.63, 3.8) is 0 Å². The lowest BCUT2D eigenvalue weighted by Crippen LogP contribution is -2.47. The van der Waals surface area contributed by atoms with Gasteiger partial charge in [-0.1, -0.05) is 26.7 Å². The van der Waals surface area contributed by atoms with Crippen molar-refractivity contribution >= 4 is 17.4 Å². The van der Waals surface area contributed by atoms with Crippen LogP contribution in [-0.4, -0.2) is 35.0 Å². The van der Waals surface area contributed by atoms with E-state index in [-0.39, 0.29) is 12.1 Å². The number of thiazole rings is 1. The van der Waals surface area contributed by atoms with E-state index in [1.54, 1.807) is 11.3 Å². The number of nitrogens with one attached hydrogen (secondary N) is 1. The second-order valence-corrected chi connectivity index (χ2v) is 6.98. The maximum atomic E-state index is 12.3. The van der Waals surface area contributed by atoms with Gasteiger partial charge < -0.3 is 16.0 Å². The summed E-state index contributed by atoms with van der Waals surface area (Å²) in [5.74, 6) is 0.429. The van der Waals surface area contributed by atoms with Crippen molar-refractivity contribution < 1.29 is 4.79 Å². The molecule has 0 aliphatic carbocycles. The molecule has 0 radical (unpaired) electrons. The highest BCUT2D eigenvalue weighted by atomic mass is 32.1. The van der Waals surface area contributed by atoms with E-state index in [0.29, 0.717) is 19.0 Å². The zero-order valence-corrected chi connectivity index (χ0v) is 13.8. The zero-order valence-electron chi connectivity index (χ0n) is 13.0. The third-order valence-electron chi connectivity index (χ3n) is 3.80. The van der Waals surface area contributed by atoms with Gasteiger partial charge in [0.05, 0.1) is 12.2 Å². The molecule has 1 atom stereocenters. The smallest absolute Gasteiger partial charge is 0.317 e. The molecule has 1 aliphatic rings. The van der Waals surface area contributed by atoms with Gasteiger partial charge in [0.1, 0.15) is 5.01 Å². The van der Waals surface area contributed by atoms with Crippen LogP contribution in [0.4, 0.5) is 4.79 Å². The van der Waals surface area contributed by atoms with Crippen LogP contribution in [-0.2, 0) is 6.54 Å². The van der Waals surface area contributed by atoms with Crippen molar-refractivity contribution in [3.05, 3.63) is 16.1 Å². The highest BCUT2D eigenvalue weighted by molar-refractivity contribution is 7.09. The molecule has 1 aromatic heterocycles. The molecule has 1 unspecified atom stereocenters. The molecule has 0 spiro atoms. The molecule has 0 aromatic carbocycles. The molecule has 1 aliphatic heterocycles. The molecule has 2 heterocycles. The third kappa shape index (κ3) is 4.97. The molecule has 0 bridgehead atoms. The van der Waals surface area contributed by atoms with Gasteiger partial charge in [0.25, 0.3) is 0 Å². The topological polar surface area (TPSA) is 71.2 Å². The number of nitrogens with zero attached hydrogens (tertiary/aromatic N) is 2. The molecule has 3 N–H and O–H groups in total.